The van der Waals surface area contributed by atoms with Crippen LogP contribution in [-0.4, -0.2) is 10.7 Å². The summed E-state index contributed by atoms with van der Waals surface area (Å²) in [6.45, 7) is 4.19. The van der Waals surface area contributed by atoms with E-state index in [0.717, 1.165) is 12.8 Å². The molecule has 100 valence electrons. The van der Waals surface area contributed by atoms with Gasteiger partial charge >= 0.3 is 0 Å². The standard InChI is InChI=1S/C15H21FO2/c1-3-4-5-8-15(2)10-13(17)12-9-11(16)6-7-14(12)18-15/h6-7,9,13,17H,3-5,8,10H2,1-2H3/t13-,15?/m1/s1. The number of aliphatic hydroxyl groups excluding tert-OH is 1. The average Bonchev–Trinajstić information content (AvgIpc) is 2.31. The summed E-state index contributed by atoms with van der Waals surface area (Å²) in [5, 5.41) is 10.1. The largest absolute Gasteiger partial charge is 0.487 e. The molecule has 0 saturated carbocycles. The Bertz CT molecular complexity index is 419. The van der Waals surface area contributed by atoms with Crippen molar-refractivity contribution in [2.24, 2.45) is 0 Å². The van der Waals surface area contributed by atoms with Gasteiger partial charge in [-0.1, -0.05) is 19.8 Å². The monoisotopic (exact) mass is 252 g/mol. The first-order valence-electron chi connectivity index (χ1n) is 6.70. The third-order valence-electron chi connectivity index (χ3n) is 3.62. The normalized spacial score (nSPS) is 26.6. The quantitative estimate of drug-likeness (QED) is 0.821. The van der Waals surface area contributed by atoms with Crippen LogP contribution >= 0.6 is 0 Å². The van der Waals surface area contributed by atoms with Crippen LogP contribution in [0.25, 0.3) is 0 Å². The lowest BCUT2D eigenvalue weighted by molar-refractivity contribution is -0.00867. The van der Waals surface area contributed by atoms with Gasteiger partial charge in [-0.15, -0.1) is 0 Å². The maximum atomic E-state index is 13.1. The maximum Gasteiger partial charge on any atom is 0.126 e. The van der Waals surface area contributed by atoms with Crippen molar-refractivity contribution in [1.29, 1.82) is 0 Å². The lowest BCUT2D eigenvalue weighted by Gasteiger charge is -2.38. The summed E-state index contributed by atoms with van der Waals surface area (Å²) in [5.41, 5.74) is 0.238. The Hall–Kier alpha value is -1.09. The molecule has 0 aromatic heterocycles. The second-order valence-corrected chi connectivity index (χ2v) is 5.41. The Morgan fingerprint density at radius 1 is 1.44 bits per heavy atom. The zero-order valence-corrected chi connectivity index (χ0v) is 11.1. The summed E-state index contributed by atoms with van der Waals surface area (Å²) in [6.07, 6.45) is 4.26. The van der Waals surface area contributed by atoms with Gasteiger partial charge in [0.25, 0.3) is 0 Å². The zero-order valence-electron chi connectivity index (χ0n) is 11.1. The van der Waals surface area contributed by atoms with E-state index in [0.29, 0.717) is 17.7 Å². The van der Waals surface area contributed by atoms with Crippen LogP contribution in [0, 0.1) is 5.82 Å². The second-order valence-electron chi connectivity index (χ2n) is 5.41. The highest BCUT2D eigenvalue weighted by Crippen LogP contribution is 2.41. The van der Waals surface area contributed by atoms with Crippen molar-refractivity contribution >= 4 is 0 Å². The van der Waals surface area contributed by atoms with Crippen LogP contribution in [0.2, 0.25) is 0 Å². The van der Waals surface area contributed by atoms with E-state index < -0.39 is 6.10 Å². The third-order valence-corrected chi connectivity index (χ3v) is 3.62. The Balaban J connectivity index is 2.14. The first-order chi connectivity index (χ1) is 8.54. The number of hydrogen-bond donors (Lipinski definition) is 1. The van der Waals surface area contributed by atoms with Gasteiger partial charge in [-0.25, -0.2) is 4.39 Å². The molecule has 3 heteroatoms. The first kappa shape index (κ1) is 13.3. The smallest absolute Gasteiger partial charge is 0.126 e. The van der Waals surface area contributed by atoms with E-state index >= 15 is 0 Å². The molecule has 0 spiro atoms. The lowest BCUT2D eigenvalue weighted by atomic mass is 9.86. The fourth-order valence-electron chi connectivity index (χ4n) is 2.60. The van der Waals surface area contributed by atoms with Crippen LogP contribution in [0.5, 0.6) is 5.75 Å². The molecule has 0 amide bonds. The van der Waals surface area contributed by atoms with Crippen LogP contribution in [0.15, 0.2) is 18.2 Å². The fraction of sp³-hybridized carbons (Fsp3) is 0.600. The Morgan fingerprint density at radius 3 is 2.94 bits per heavy atom. The van der Waals surface area contributed by atoms with Crippen molar-refractivity contribution in [3.8, 4) is 5.75 Å². The van der Waals surface area contributed by atoms with E-state index in [4.69, 9.17) is 4.74 Å². The molecule has 1 aliphatic heterocycles. The Morgan fingerprint density at radius 2 is 2.22 bits per heavy atom. The molecule has 0 fully saturated rings. The van der Waals surface area contributed by atoms with Gasteiger partial charge in [0.05, 0.1) is 6.10 Å². The Kier molecular flexibility index (Phi) is 3.91. The van der Waals surface area contributed by atoms with Gasteiger partial charge in [0.2, 0.25) is 0 Å². The van der Waals surface area contributed by atoms with E-state index in [1.807, 2.05) is 6.92 Å². The highest BCUT2D eigenvalue weighted by molar-refractivity contribution is 5.38. The number of hydrogen-bond acceptors (Lipinski definition) is 2. The molecule has 1 unspecified atom stereocenters. The fourth-order valence-corrected chi connectivity index (χ4v) is 2.60. The number of halogens is 1. The third kappa shape index (κ3) is 2.83. The number of benzene rings is 1. The molecule has 0 aliphatic carbocycles. The van der Waals surface area contributed by atoms with Crippen LogP contribution in [0.3, 0.4) is 0 Å². The molecule has 0 bridgehead atoms. The maximum absolute atomic E-state index is 13.1. The van der Waals surface area contributed by atoms with Gasteiger partial charge < -0.3 is 9.84 Å². The average molecular weight is 252 g/mol. The molecule has 2 nitrogen and oxygen atoms in total. The summed E-state index contributed by atoms with van der Waals surface area (Å²) in [4.78, 5) is 0. The van der Waals surface area contributed by atoms with E-state index in [1.165, 1.54) is 25.0 Å². The van der Waals surface area contributed by atoms with Crippen molar-refractivity contribution in [2.45, 2.75) is 57.7 Å². The number of unbranched alkanes of at least 4 members (excludes halogenated alkanes) is 2. The zero-order chi connectivity index (χ0) is 13.2. The molecule has 1 heterocycles. The van der Waals surface area contributed by atoms with E-state index in [1.54, 1.807) is 6.07 Å². The SMILES string of the molecule is CCCCCC1(C)C[C@@H](O)c2cc(F)ccc2O1. The molecule has 1 N–H and O–H groups in total. The second kappa shape index (κ2) is 5.27. The molecule has 18 heavy (non-hydrogen) atoms. The van der Waals surface area contributed by atoms with E-state index in [2.05, 4.69) is 6.92 Å². The molecule has 2 atom stereocenters. The van der Waals surface area contributed by atoms with Gasteiger partial charge in [-0.3, -0.25) is 0 Å². The molecule has 1 aromatic carbocycles. The van der Waals surface area contributed by atoms with Crippen molar-refractivity contribution in [3.63, 3.8) is 0 Å². The van der Waals surface area contributed by atoms with E-state index in [9.17, 15) is 9.50 Å². The lowest BCUT2D eigenvalue weighted by Crippen LogP contribution is -2.38. The van der Waals surface area contributed by atoms with E-state index in [-0.39, 0.29) is 11.4 Å². The number of ether oxygens (including phenoxy) is 1. The first-order valence-corrected chi connectivity index (χ1v) is 6.70. The van der Waals surface area contributed by atoms with Gasteiger partial charge in [0.1, 0.15) is 17.2 Å². The minimum Gasteiger partial charge on any atom is -0.487 e. The molecule has 0 radical (unpaired) electrons. The highest BCUT2D eigenvalue weighted by Gasteiger charge is 2.36. The number of rotatable bonds is 4. The molecular formula is C15H21FO2. The van der Waals surface area contributed by atoms with Crippen molar-refractivity contribution in [2.75, 3.05) is 0 Å². The predicted octanol–water partition coefficient (Wildman–Crippen LogP) is 3.98. The molecule has 0 saturated heterocycles. The minimum absolute atomic E-state index is 0.328. The van der Waals surface area contributed by atoms with Crippen molar-refractivity contribution < 1.29 is 14.2 Å². The van der Waals surface area contributed by atoms with Gasteiger partial charge in [-0.2, -0.15) is 0 Å². The number of fused-ring (bicyclic) bond motifs is 1. The predicted molar refractivity (Wildman–Crippen MR) is 69.2 cm³/mol. The Labute approximate surface area is 108 Å². The highest BCUT2D eigenvalue weighted by atomic mass is 19.1. The van der Waals surface area contributed by atoms with Gasteiger partial charge in [0, 0.05) is 12.0 Å². The van der Waals surface area contributed by atoms with Crippen LogP contribution in [0.1, 0.15) is 57.6 Å². The summed E-state index contributed by atoms with van der Waals surface area (Å²) >= 11 is 0. The minimum atomic E-state index is -0.629. The molecule has 1 aliphatic rings. The van der Waals surface area contributed by atoms with Crippen LogP contribution < -0.4 is 4.74 Å². The van der Waals surface area contributed by atoms with Gasteiger partial charge in [0.15, 0.2) is 0 Å². The summed E-state index contributed by atoms with van der Waals surface area (Å²) in [5.74, 6) is 0.292. The summed E-state index contributed by atoms with van der Waals surface area (Å²) < 4.78 is 19.1. The summed E-state index contributed by atoms with van der Waals surface area (Å²) in [6, 6.07) is 4.36. The van der Waals surface area contributed by atoms with Crippen molar-refractivity contribution in [3.05, 3.63) is 29.6 Å². The topological polar surface area (TPSA) is 29.5 Å². The van der Waals surface area contributed by atoms with Crippen molar-refractivity contribution in [1.82, 2.24) is 0 Å². The molecule has 1 aromatic rings. The van der Waals surface area contributed by atoms with Crippen LogP contribution in [0.4, 0.5) is 4.39 Å². The number of aliphatic hydroxyl groups is 1. The molecular weight excluding hydrogens is 231 g/mol. The molecule has 2 rings (SSSR count). The van der Waals surface area contributed by atoms with Gasteiger partial charge in [-0.05, 0) is 38.0 Å². The van der Waals surface area contributed by atoms with Crippen LogP contribution in [-0.2, 0) is 0 Å². The summed E-state index contributed by atoms with van der Waals surface area (Å²) in [7, 11) is 0.